The van der Waals surface area contributed by atoms with Crippen LogP contribution >= 0.6 is 23.6 Å². The number of carboxylic acids is 1. The number of thiophene rings is 1. The van der Waals surface area contributed by atoms with E-state index in [1.165, 1.54) is 11.3 Å². The Hall–Kier alpha value is -3.23. The maximum atomic E-state index is 12.4. The van der Waals surface area contributed by atoms with Crippen LogP contribution < -0.4 is 10.6 Å². The number of hydrogen-bond donors (Lipinski definition) is 3. The van der Waals surface area contributed by atoms with Gasteiger partial charge in [0.1, 0.15) is 5.00 Å². The number of carboxylic acid groups (broad SMARTS) is 1. The summed E-state index contributed by atoms with van der Waals surface area (Å²) in [5.74, 6) is -1.30. The van der Waals surface area contributed by atoms with E-state index in [2.05, 4.69) is 10.6 Å². The lowest BCUT2D eigenvalue weighted by Crippen LogP contribution is -2.20. The average molecular weight is 441 g/mol. The van der Waals surface area contributed by atoms with Crippen LogP contribution in [0.5, 0.6) is 0 Å². The molecule has 0 bridgehead atoms. The summed E-state index contributed by atoms with van der Waals surface area (Å²) < 4.78 is 5.18. The topological polar surface area (TPSA) is 87.7 Å². The summed E-state index contributed by atoms with van der Waals surface area (Å²) >= 11 is 6.81. The largest absolute Gasteiger partial charge is 0.481 e. The Morgan fingerprint density at radius 2 is 1.77 bits per heavy atom. The van der Waals surface area contributed by atoms with Crippen LogP contribution in [0.1, 0.15) is 22.8 Å². The van der Waals surface area contributed by atoms with Crippen molar-refractivity contribution < 1.29 is 19.4 Å². The second kappa shape index (κ2) is 10.00. The molecule has 0 unspecified atom stereocenters. The van der Waals surface area contributed by atoms with Crippen molar-refractivity contribution in [2.75, 3.05) is 17.2 Å². The van der Waals surface area contributed by atoms with Crippen LogP contribution in [0.15, 0.2) is 60.7 Å². The Labute approximate surface area is 183 Å². The zero-order valence-corrected chi connectivity index (χ0v) is 17.8. The summed E-state index contributed by atoms with van der Waals surface area (Å²) in [5, 5.41) is 15.9. The molecular formula is C22H20N2O4S2. The van der Waals surface area contributed by atoms with E-state index < -0.39 is 11.9 Å². The number of nitrogens with one attached hydrogen (secondary N) is 2. The fraction of sp³-hybridized carbons (Fsp3) is 0.136. The van der Waals surface area contributed by atoms with Gasteiger partial charge in [0.15, 0.2) is 5.11 Å². The molecule has 3 aromatic rings. The van der Waals surface area contributed by atoms with Gasteiger partial charge in [-0.2, -0.15) is 0 Å². The molecule has 2 aromatic carbocycles. The Kier molecular flexibility index (Phi) is 7.16. The van der Waals surface area contributed by atoms with E-state index >= 15 is 0 Å². The molecule has 0 amide bonds. The van der Waals surface area contributed by atoms with E-state index in [9.17, 15) is 9.59 Å². The van der Waals surface area contributed by atoms with Crippen LogP contribution in [0.2, 0.25) is 0 Å². The van der Waals surface area contributed by atoms with Crippen molar-refractivity contribution in [3.05, 3.63) is 71.8 Å². The zero-order chi connectivity index (χ0) is 21.5. The molecule has 0 aliphatic carbocycles. The monoisotopic (exact) mass is 440 g/mol. The van der Waals surface area contributed by atoms with E-state index in [0.29, 0.717) is 26.9 Å². The van der Waals surface area contributed by atoms with E-state index in [1.54, 1.807) is 37.3 Å². The number of thiocarbonyl (C=S) groups is 1. The van der Waals surface area contributed by atoms with Crippen LogP contribution in [0.25, 0.3) is 10.4 Å². The molecule has 0 aliphatic rings. The normalized spacial score (nSPS) is 10.3. The van der Waals surface area contributed by atoms with E-state index in [1.807, 2.05) is 30.3 Å². The first kappa shape index (κ1) is 21.5. The van der Waals surface area contributed by atoms with Gasteiger partial charge in [0.25, 0.3) is 0 Å². The number of rotatable bonds is 7. The summed E-state index contributed by atoms with van der Waals surface area (Å²) in [5.41, 5.74) is 2.82. The lowest BCUT2D eigenvalue weighted by molar-refractivity contribution is -0.136. The maximum Gasteiger partial charge on any atom is 0.341 e. The van der Waals surface area contributed by atoms with Gasteiger partial charge in [0, 0.05) is 10.6 Å². The third-order valence-electron chi connectivity index (χ3n) is 4.08. The smallest absolute Gasteiger partial charge is 0.341 e. The minimum Gasteiger partial charge on any atom is -0.481 e. The predicted octanol–water partition coefficient (Wildman–Crippen LogP) is 5.03. The van der Waals surface area contributed by atoms with Crippen molar-refractivity contribution in [3.8, 4) is 10.4 Å². The molecule has 0 aliphatic heterocycles. The van der Waals surface area contributed by atoms with Crippen LogP contribution in [0.4, 0.5) is 10.7 Å². The van der Waals surface area contributed by atoms with Gasteiger partial charge in [-0.05, 0) is 48.5 Å². The number of esters is 1. The second-order valence-electron chi connectivity index (χ2n) is 6.29. The third kappa shape index (κ3) is 5.65. The SMILES string of the molecule is CCOC(=O)c1cc(-c2ccccc2)sc1NC(=S)Nc1ccc(CC(=O)O)cc1. The van der Waals surface area contributed by atoms with Crippen LogP contribution in [-0.2, 0) is 16.0 Å². The van der Waals surface area contributed by atoms with Gasteiger partial charge in [-0.25, -0.2) is 4.79 Å². The number of carbonyl (C=O) groups excluding carboxylic acids is 1. The summed E-state index contributed by atoms with van der Waals surface area (Å²) in [7, 11) is 0. The molecule has 30 heavy (non-hydrogen) atoms. The molecule has 0 saturated carbocycles. The molecule has 0 radical (unpaired) electrons. The number of benzene rings is 2. The van der Waals surface area contributed by atoms with Crippen LogP contribution in [0.3, 0.4) is 0 Å². The molecule has 1 aromatic heterocycles. The molecule has 0 atom stereocenters. The summed E-state index contributed by atoms with van der Waals surface area (Å²) in [6.07, 6.45) is -0.0384. The summed E-state index contributed by atoms with van der Waals surface area (Å²) in [4.78, 5) is 24.1. The number of anilines is 2. The van der Waals surface area contributed by atoms with Gasteiger partial charge in [0.05, 0.1) is 18.6 Å². The number of carbonyl (C=O) groups is 2. The number of aliphatic carboxylic acids is 1. The molecule has 3 rings (SSSR count). The zero-order valence-electron chi connectivity index (χ0n) is 16.2. The van der Waals surface area contributed by atoms with E-state index in [0.717, 1.165) is 10.4 Å². The van der Waals surface area contributed by atoms with Crippen molar-refractivity contribution in [3.63, 3.8) is 0 Å². The lowest BCUT2D eigenvalue weighted by atomic mass is 10.1. The highest BCUT2D eigenvalue weighted by molar-refractivity contribution is 7.80. The third-order valence-corrected chi connectivity index (χ3v) is 5.38. The van der Waals surface area contributed by atoms with E-state index in [-0.39, 0.29) is 13.0 Å². The Bertz CT molecular complexity index is 1050. The number of ether oxygens (including phenoxy) is 1. The minimum absolute atomic E-state index is 0.0384. The van der Waals surface area contributed by atoms with Gasteiger partial charge in [-0.3, -0.25) is 4.79 Å². The average Bonchev–Trinajstić information content (AvgIpc) is 3.14. The molecule has 154 valence electrons. The van der Waals surface area contributed by atoms with Gasteiger partial charge in [-0.1, -0.05) is 42.5 Å². The molecule has 1 heterocycles. The highest BCUT2D eigenvalue weighted by Crippen LogP contribution is 2.36. The van der Waals surface area contributed by atoms with Crippen molar-refractivity contribution in [2.24, 2.45) is 0 Å². The van der Waals surface area contributed by atoms with Crippen molar-refractivity contribution in [1.82, 2.24) is 0 Å². The fourth-order valence-electron chi connectivity index (χ4n) is 2.74. The molecule has 0 fully saturated rings. The molecular weight excluding hydrogens is 420 g/mol. The Morgan fingerprint density at radius 3 is 2.40 bits per heavy atom. The highest BCUT2D eigenvalue weighted by Gasteiger charge is 2.19. The van der Waals surface area contributed by atoms with Crippen molar-refractivity contribution in [1.29, 1.82) is 0 Å². The van der Waals surface area contributed by atoms with Gasteiger partial charge >= 0.3 is 11.9 Å². The minimum atomic E-state index is -0.883. The number of hydrogen-bond acceptors (Lipinski definition) is 5. The quantitative estimate of drug-likeness (QED) is 0.351. The van der Waals surface area contributed by atoms with Gasteiger partial charge < -0.3 is 20.5 Å². The first-order valence-corrected chi connectivity index (χ1v) is 10.4. The standard InChI is InChI=1S/C22H20N2O4S2/c1-2-28-21(27)17-13-18(15-6-4-3-5-7-15)30-20(17)24-22(29)23-16-10-8-14(9-11-16)12-19(25)26/h3-11,13H,2,12H2,1H3,(H,25,26)(H2,23,24,29). The molecule has 3 N–H and O–H groups in total. The van der Waals surface area contributed by atoms with Gasteiger partial charge in [0.2, 0.25) is 0 Å². The summed E-state index contributed by atoms with van der Waals surface area (Å²) in [6, 6.07) is 18.5. The fourth-order valence-corrected chi connectivity index (χ4v) is 4.08. The maximum absolute atomic E-state index is 12.4. The Balaban J connectivity index is 1.77. The highest BCUT2D eigenvalue weighted by atomic mass is 32.1. The van der Waals surface area contributed by atoms with Crippen molar-refractivity contribution >= 4 is 51.3 Å². The van der Waals surface area contributed by atoms with Gasteiger partial charge in [-0.15, -0.1) is 11.3 Å². The Morgan fingerprint density at radius 1 is 1.07 bits per heavy atom. The first-order chi connectivity index (χ1) is 14.5. The van der Waals surface area contributed by atoms with Crippen molar-refractivity contribution in [2.45, 2.75) is 13.3 Å². The van der Waals surface area contributed by atoms with Crippen LogP contribution in [-0.4, -0.2) is 28.8 Å². The van der Waals surface area contributed by atoms with Crippen LogP contribution in [0, 0.1) is 0 Å². The van der Waals surface area contributed by atoms with E-state index in [4.69, 9.17) is 22.1 Å². The molecule has 8 heteroatoms. The lowest BCUT2D eigenvalue weighted by Gasteiger charge is -2.11. The first-order valence-electron chi connectivity index (χ1n) is 9.21. The second-order valence-corrected chi connectivity index (χ2v) is 7.75. The predicted molar refractivity (Wildman–Crippen MR) is 123 cm³/mol. The molecule has 6 nitrogen and oxygen atoms in total. The summed E-state index contributed by atoms with van der Waals surface area (Å²) in [6.45, 7) is 2.04. The molecule has 0 saturated heterocycles. The molecule has 0 spiro atoms.